The Morgan fingerprint density at radius 3 is 2.73 bits per heavy atom. The Morgan fingerprint density at radius 2 is 1.97 bits per heavy atom. The number of aromatic nitrogens is 3. The number of hydrazone groups is 1. The van der Waals surface area contributed by atoms with Crippen molar-refractivity contribution < 1.29 is 9.21 Å². The molecule has 0 fully saturated rings. The minimum Gasteiger partial charge on any atom is -0.467 e. The monoisotopic (exact) mass is 477 g/mol. The van der Waals surface area contributed by atoms with Gasteiger partial charge in [0.2, 0.25) is 0 Å². The van der Waals surface area contributed by atoms with Gasteiger partial charge < -0.3 is 4.42 Å². The highest BCUT2D eigenvalue weighted by Gasteiger charge is 2.35. The lowest BCUT2D eigenvalue weighted by molar-refractivity contribution is -0.130. The molecule has 1 aliphatic heterocycles. The third-order valence-corrected chi connectivity index (χ3v) is 6.61. The largest absolute Gasteiger partial charge is 0.467 e. The van der Waals surface area contributed by atoms with Gasteiger partial charge in [-0.3, -0.25) is 9.36 Å². The van der Waals surface area contributed by atoms with Crippen molar-refractivity contribution in [3.05, 3.63) is 95.2 Å². The maximum absolute atomic E-state index is 13.3. The van der Waals surface area contributed by atoms with Crippen molar-refractivity contribution in [2.75, 3.05) is 5.75 Å². The van der Waals surface area contributed by atoms with E-state index in [1.807, 2.05) is 72.2 Å². The fourth-order valence-electron chi connectivity index (χ4n) is 3.77. The summed E-state index contributed by atoms with van der Waals surface area (Å²) in [7, 11) is 0. The Kier molecular flexibility index (Phi) is 6.02. The molecule has 4 aromatic rings. The van der Waals surface area contributed by atoms with Gasteiger partial charge in [-0.05, 0) is 48.4 Å². The minimum atomic E-state index is -0.298. The quantitative estimate of drug-likeness (QED) is 0.352. The number of carbonyl (C=O) groups excluding carboxylic acids is 1. The van der Waals surface area contributed by atoms with Crippen molar-refractivity contribution in [1.29, 1.82) is 0 Å². The third-order valence-electron chi connectivity index (χ3n) is 5.43. The minimum absolute atomic E-state index is 0.135. The standard InChI is InChI=1S/C24H20ClN5O2S/c1-16-5-2-3-6-20(16)29-15-26-27-24(29)33-14-23(31)30-21(22-7-4-12-32-22)13-19(28-30)17-8-10-18(25)11-9-17/h2-12,15,21H,13-14H2,1H3. The van der Waals surface area contributed by atoms with Crippen LogP contribution in [-0.4, -0.2) is 37.1 Å². The van der Waals surface area contributed by atoms with Crippen molar-refractivity contribution in [2.45, 2.75) is 24.5 Å². The van der Waals surface area contributed by atoms with Crippen molar-refractivity contribution in [1.82, 2.24) is 19.8 Å². The molecule has 0 saturated heterocycles. The Balaban J connectivity index is 1.37. The molecule has 7 nitrogen and oxygen atoms in total. The van der Waals surface area contributed by atoms with Gasteiger partial charge in [0.05, 0.1) is 23.4 Å². The Morgan fingerprint density at radius 1 is 1.15 bits per heavy atom. The number of nitrogens with zero attached hydrogens (tertiary/aromatic N) is 5. The summed E-state index contributed by atoms with van der Waals surface area (Å²) in [6.07, 6.45) is 3.83. The first-order valence-corrected chi connectivity index (χ1v) is 11.7. The summed E-state index contributed by atoms with van der Waals surface area (Å²) in [4.78, 5) is 13.3. The van der Waals surface area contributed by atoms with Crippen molar-refractivity contribution in [3.63, 3.8) is 0 Å². The van der Waals surface area contributed by atoms with E-state index >= 15 is 0 Å². The molecule has 5 rings (SSSR count). The van der Waals surface area contributed by atoms with E-state index in [-0.39, 0.29) is 17.7 Å². The van der Waals surface area contributed by atoms with Crippen LogP contribution in [0.2, 0.25) is 5.02 Å². The highest BCUT2D eigenvalue weighted by Crippen LogP contribution is 2.34. The summed E-state index contributed by atoms with van der Waals surface area (Å²) in [6.45, 7) is 2.03. The molecule has 9 heteroatoms. The number of aryl methyl sites for hydroxylation is 1. The van der Waals surface area contributed by atoms with Gasteiger partial charge in [-0.15, -0.1) is 10.2 Å². The average molecular weight is 478 g/mol. The van der Waals surface area contributed by atoms with Gasteiger partial charge in [-0.25, -0.2) is 5.01 Å². The molecule has 0 N–H and O–H groups in total. The number of hydrogen-bond acceptors (Lipinski definition) is 6. The number of benzene rings is 2. The number of halogens is 1. The summed E-state index contributed by atoms with van der Waals surface area (Å²) in [5, 5.41) is 15.7. The topological polar surface area (TPSA) is 76.5 Å². The highest BCUT2D eigenvalue weighted by atomic mass is 35.5. The number of para-hydroxylation sites is 1. The van der Waals surface area contributed by atoms with Crippen molar-refractivity contribution in [3.8, 4) is 5.69 Å². The molecule has 1 atom stereocenters. The fraction of sp³-hybridized carbons (Fsp3) is 0.167. The lowest BCUT2D eigenvalue weighted by Gasteiger charge is -2.19. The first-order valence-electron chi connectivity index (χ1n) is 10.4. The number of carbonyl (C=O) groups is 1. The zero-order chi connectivity index (χ0) is 22.8. The van der Waals surface area contributed by atoms with E-state index in [1.54, 1.807) is 12.6 Å². The SMILES string of the molecule is Cc1ccccc1-n1cnnc1SCC(=O)N1N=C(c2ccc(Cl)cc2)CC1c1ccco1. The molecule has 2 aromatic carbocycles. The van der Waals surface area contributed by atoms with E-state index in [0.717, 1.165) is 22.5 Å². The molecule has 0 spiro atoms. The third kappa shape index (κ3) is 4.44. The number of thioether (sulfide) groups is 1. The summed E-state index contributed by atoms with van der Waals surface area (Å²) < 4.78 is 7.51. The Labute approximate surface area is 200 Å². The first kappa shape index (κ1) is 21.5. The molecule has 33 heavy (non-hydrogen) atoms. The molecular weight excluding hydrogens is 458 g/mol. The molecule has 0 radical (unpaired) electrons. The highest BCUT2D eigenvalue weighted by molar-refractivity contribution is 7.99. The summed E-state index contributed by atoms with van der Waals surface area (Å²) >= 11 is 7.36. The number of rotatable bonds is 6. The van der Waals surface area contributed by atoms with Crippen LogP contribution >= 0.6 is 23.4 Å². The van der Waals surface area contributed by atoms with E-state index in [4.69, 9.17) is 16.0 Å². The molecule has 1 unspecified atom stereocenters. The van der Waals surface area contributed by atoms with Gasteiger partial charge >= 0.3 is 0 Å². The molecule has 166 valence electrons. The second kappa shape index (κ2) is 9.25. The Hall–Kier alpha value is -3.36. The first-order chi connectivity index (χ1) is 16.1. The predicted molar refractivity (Wildman–Crippen MR) is 128 cm³/mol. The molecule has 2 aromatic heterocycles. The van der Waals surface area contributed by atoms with Crippen molar-refractivity contribution in [2.24, 2.45) is 5.10 Å². The molecule has 3 heterocycles. The van der Waals surface area contributed by atoms with Gasteiger partial charge in [0, 0.05) is 11.4 Å². The summed E-state index contributed by atoms with van der Waals surface area (Å²) in [5.74, 6) is 0.730. The van der Waals surface area contributed by atoms with Crippen LogP contribution in [0.15, 0.2) is 87.9 Å². The maximum Gasteiger partial charge on any atom is 0.253 e. The smallest absolute Gasteiger partial charge is 0.253 e. The average Bonchev–Trinajstić information content (AvgIpc) is 3.59. The molecule has 1 aliphatic rings. The van der Waals surface area contributed by atoms with Crippen LogP contribution in [0.4, 0.5) is 0 Å². The van der Waals surface area contributed by atoms with Gasteiger partial charge in [-0.1, -0.05) is 53.7 Å². The number of amides is 1. The lowest BCUT2D eigenvalue weighted by atomic mass is 10.0. The van der Waals surface area contributed by atoms with E-state index < -0.39 is 0 Å². The van der Waals surface area contributed by atoms with Gasteiger partial charge in [0.15, 0.2) is 5.16 Å². The van der Waals surface area contributed by atoms with Gasteiger partial charge in [0.1, 0.15) is 18.1 Å². The van der Waals surface area contributed by atoms with Gasteiger partial charge in [0.25, 0.3) is 5.91 Å². The fourth-order valence-corrected chi connectivity index (χ4v) is 4.67. The lowest BCUT2D eigenvalue weighted by Crippen LogP contribution is -2.28. The maximum atomic E-state index is 13.3. The molecule has 0 bridgehead atoms. The second-order valence-electron chi connectivity index (χ2n) is 7.59. The van der Waals surface area contributed by atoms with Crippen LogP contribution in [0.25, 0.3) is 5.69 Å². The van der Waals surface area contributed by atoms with E-state index in [1.165, 1.54) is 16.8 Å². The van der Waals surface area contributed by atoms with Crippen LogP contribution in [0.5, 0.6) is 0 Å². The zero-order valence-corrected chi connectivity index (χ0v) is 19.3. The normalized spacial score (nSPS) is 15.6. The molecule has 0 aliphatic carbocycles. The zero-order valence-electron chi connectivity index (χ0n) is 17.8. The van der Waals surface area contributed by atoms with E-state index in [0.29, 0.717) is 22.4 Å². The van der Waals surface area contributed by atoms with Crippen molar-refractivity contribution >= 4 is 35.0 Å². The molecular formula is C24H20ClN5O2S. The van der Waals surface area contributed by atoms with Crippen LogP contribution in [0, 0.1) is 6.92 Å². The van der Waals surface area contributed by atoms with E-state index in [9.17, 15) is 4.79 Å². The molecule has 1 amide bonds. The van der Waals surface area contributed by atoms with Crippen LogP contribution in [0.3, 0.4) is 0 Å². The second-order valence-corrected chi connectivity index (χ2v) is 8.96. The number of furan rings is 1. The van der Waals surface area contributed by atoms with Crippen LogP contribution in [-0.2, 0) is 4.79 Å². The number of hydrogen-bond donors (Lipinski definition) is 0. The van der Waals surface area contributed by atoms with Crippen LogP contribution < -0.4 is 0 Å². The predicted octanol–water partition coefficient (Wildman–Crippen LogP) is 5.29. The van der Waals surface area contributed by atoms with E-state index in [2.05, 4.69) is 15.3 Å². The summed E-state index contributed by atoms with van der Waals surface area (Å²) in [6, 6.07) is 18.8. The Bertz CT molecular complexity index is 1300. The van der Waals surface area contributed by atoms with Crippen LogP contribution in [0.1, 0.15) is 29.3 Å². The van der Waals surface area contributed by atoms with Gasteiger partial charge in [-0.2, -0.15) is 5.10 Å². The summed E-state index contributed by atoms with van der Waals surface area (Å²) in [5.41, 5.74) is 3.82. The molecule has 0 saturated carbocycles.